The second kappa shape index (κ2) is 5.87. The molecule has 0 aliphatic carbocycles. The van der Waals surface area contributed by atoms with E-state index in [9.17, 15) is 39.0 Å². The normalized spacial score (nSPS) is 33.3. The summed E-state index contributed by atoms with van der Waals surface area (Å²) >= 11 is 0. The molecule has 0 aromatic carbocycles. The van der Waals surface area contributed by atoms with Gasteiger partial charge in [0.15, 0.2) is 29.7 Å². The number of ether oxygens (including phenoxy) is 2. The van der Waals surface area contributed by atoms with Crippen molar-refractivity contribution in [2.45, 2.75) is 50.6 Å². The lowest BCUT2D eigenvalue weighted by Crippen LogP contribution is -2.76. The predicted molar refractivity (Wildman–Crippen MR) is 72.4 cm³/mol. The van der Waals surface area contributed by atoms with Crippen molar-refractivity contribution < 1.29 is 48.5 Å². The summed E-state index contributed by atoms with van der Waals surface area (Å²) in [6.07, 6.45) is -2.74. The molecule has 10 heteroatoms. The third-order valence-electron chi connectivity index (χ3n) is 3.95. The molecule has 0 aromatic heterocycles. The Morgan fingerprint density at radius 1 is 1.08 bits per heavy atom. The number of esters is 2. The second-order valence-corrected chi connectivity index (χ2v) is 5.36. The average Bonchev–Trinajstić information content (AvgIpc) is 2.67. The zero-order valence-electron chi connectivity index (χ0n) is 13.3. The van der Waals surface area contributed by atoms with E-state index in [1.807, 2.05) is 0 Å². The fraction of sp³-hybridized carbons (Fsp3) is 0.571. The minimum atomic E-state index is -3.42. The van der Waals surface area contributed by atoms with Crippen LogP contribution < -0.4 is 0 Å². The van der Waals surface area contributed by atoms with Crippen molar-refractivity contribution in [2.24, 2.45) is 0 Å². The number of ketones is 3. The second-order valence-electron chi connectivity index (χ2n) is 5.36. The Labute approximate surface area is 135 Å². The molecule has 0 radical (unpaired) electrons. The Kier molecular flexibility index (Phi) is 4.79. The van der Waals surface area contributed by atoms with Gasteiger partial charge in [0.2, 0.25) is 0 Å². The molecule has 1 aliphatic heterocycles. The van der Waals surface area contributed by atoms with E-state index in [2.05, 4.69) is 4.74 Å². The maximum atomic E-state index is 12.3. The van der Waals surface area contributed by atoms with Gasteiger partial charge in [-0.25, -0.2) is 4.79 Å². The fourth-order valence-electron chi connectivity index (χ4n) is 2.94. The number of aliphatic hydroxyl groups excluding tert-OH is 1. The lowest BCUT2D eigenvalue weighted by Gasteiger charge is -2.43. The quantitative estimate of drug-likeness (QED) is 0.303. The van der Waals surface area contributed by atoms with Gasteiger partial charge >= 0.3 is 11.9 Å². The summed E-state index contributed by atoms with van der Waals surface area (Å²) in [5, 5.41) is 20.6. The molecule has 4 atom stereocenters. The highest BCUT2D eigenvalue weighted by molar-refractivity contribution is 6.20. The number of hydrogen-bond acceptors (Lipinski definition) is 10. The Morgan fingerprint density at radius 2 is 1.58 bits per heavy atom. The van der Waals surface area contributed by atoms with Gasteiger partial charge in [-0.15, -0.1) is 0 Å². The molecular formula is C14H16O10. The van der Waals surface area contributed by atoms with E-state index >= 15 is 0 Å². The van der Waals surface area contributed by atoms with Crippen LogP contribution in [0.5, 0.6) is 0 Å². The van der Waals surface area contributed by atoms with Crippen molar-refractivity contribution in [3.05, 3.63) is 0 Å². The van der Waals surface area contributed by atoms with Crippen LogP contribution in [0.25, 0.3) is 0 Å². The highest BCUT2D eigenvalue weighted by Crippen LogP contribution is 2.50. The fourth-order valence-corrected chi connectivity index (χ4v) is 2.94. The summed E-state index contributed by atoms with van der Waals surface area (Å²) in [6.45, 7) is 2.89. The minimum absolute atomic E-state index is 0.248. The molecule has 0 unspecified atom stereocenters. The van der Waals surface area contributed by atoms with Crippen LogP contribution in [-0.2, 0) is 38.2 Å². The van der Waals surface area contributed by atoms with Gasteiger partial charge in [-0.05, 0) is 20.8 Å². The summed E-state index contributed by atoms with van der Waals surface area (Å²) in [5.74, 6) is -7.10. The molecule has 24 heavy (non-hydrogen) atoms. The van der Waals surface area contributed by atoms with E-state index in [0.717, 1.165) is 13.8 Å². The predicted octanol–water partition coefficient (Wildman–Crippen LogP) is -2.36. The zero-order valence-corrected chi connectivity index (χ0v) is 13.3. The number of Topliss-reactive ketones (excluding diaryl/α,β-unsaturated/α-hetero) is 3. The molecule has 1 heterocycles. The first-order chi connectivity index (χ1) is 10.9. The first-order valence-corrected chi connectivity index (χ1v) is 6.68. The smallest absolute Gasteiger partial charge is 0.352 e. The van der Waals surface area contributed by atoms with Crippen LogP contribution in [0.2, 0.25) is 0 Å². The molecule has 132 valence electrons. The van der Waals surface area contributed by atoms with Gasteiger partial charge in [-0.2, -0.15) is 0 Å². The highest BCUT2D eigenvalue weighted by Gasteiger charge is 2.85. The highest BCUT2D eigenvalue weighted by atomic mass is 16.7. The largest absolute Gasteiger partial charge is 0.442 e. The maximum absolute atomic E-state index is 12.3. The monoisotopic (exact) mass is 344 g/mol. The molecule has 1 fully saturated rings. The van der Waals surface area contributed by atoms with Gasteiger partial charge in [0.1, 0.15) is 0 Å². The summed E-state index contributed by atoms with van der Waals surface area (Å²) in [6, 6.07) is 0. The number of hydrogen-bond donors (Lipinski definition) is 2. The van der Waals surface area contributed by atoms with Crippen LogP contribution in [0.4, 0.5) is 0 Å². The third kappa shape index (κ3) is 2.03. The first-order valence-electron chi connectivity index (χ1n) is 6.68. The van der Waals surface area contributed by atoms with Crippen LogP contribution in [0.3, 0.4) is 0 Å². The van der Waals surface area contributed by atoms with E-state index in [1.54, 1.807) is 0 Å². The third-order valence-corrected chi connectivity index (χ3v) is 3.95. The maximum Gasteiger partial charge on any atom is 0.352 e. The summed E-state index contributed by atoms with van der Waals surface area (Å²) in [4.78, 5) is 71.1. The van der Waals surface area contributed by atoms with E-state index in [-0.39, 0.29) is 6.29 Å². The lowest BCUT2D eigenvalue weighted by atomic mass is 9.65. The van der Waals surface area contributed by atoms with Gasteiger partial charge in [0.05, 0.1) is 0 Å². The number of aliphatic hydroxyl groups is 2. The van der Waals surface area contributed by atoms with Crippen molar-refractivity contribution in [3.63, 3.8) is 0 Å². The van der Waals surface area contributed by atoms with E-state index < -0.39 is 52.2 Å². The van der Waals surface area contributed by atoms with Crippen molar-refractivity contribution >= 4 is 35.6 Å². The Balaban J connectivity index is 4.08. The Bertz CT molecular complexity index is 652. The van der Waals surface area contributed by atoms with Gasteiger partial charge in [0.25, 0.3) is 16.8 Å². The first kappa shape index (κ1) is 19.6. The summed E-state index contributed by atoms with van der Waals surface area (Å²) < 4.78 is 9.44. The van der Waals surface area contributed by atoms with Crippen LogP contribution in [0.15, 0.2) is 0 Å². The molecule has 0 amide bonds. The molecule has 10 nitrogen and oxygen atoms in total. The van der Waals surface area contributed by atoms with Gasteiger partial charge < -0.3 is 24.5 Å². The molecule has 1 saturated heterocycles. The van der Waals surface area contributed by atoms with Crippen molar-refractivity contribution in [1.29, 1.82) is 0 Å². The molecule has 0 spiro atoms. The van der Waals surface area contributed by atoms with E-state index in [4.69, 9.17) is 4.74 Å². The van der Waals surface area contributed by atoms with Crippen molar-refractivity contribution in [2.75, 3.05) is 0 Å². The number of rotatable bonds is 6. The molecule has 0 bridgehead atoms. The Morgan fingerprint density at radius 3 is 1.88 bits per heavy atom. The van der Waals surface area contributed by atoms with Crippen LogP contribution in [0.1, 0.15) is 27.7 Å². The van der Waals surface area contributed by atoms with Gasteiger partial charge in [-0.1, -0.05) is 0 Å². The molecule has 1 rings (SSSR count). The van der Waals surface area contributed by atoms with E-state index in [1.165, 1.54) is 0 Å². The number of cyclic esters (lactones) is 1. The van der Waals surface area contributed by atoms with Crippen molar-refractivity contribution in [1.82, 2.24) is 0 Å². The standard InChI is InChI=1S/C14H16O10/c1-6(16)12(22)11(21)24-13(7(2)17,10(20)5-15)14(12,8(3)18)23-9(4)19/h5,10,20,22H,1-4H3/t10-,12-,13-,14+/m0/s1. The molecule has 2 N–H and O–H groups in total. The SMILES string of the molecule is CC(=O)O[C@]1(C(C)=O)[C@](O)(C(C)=O)C(=O)O[C@@]1(C(C)=O)[C@@H](O)C=O. The Hall–Kier alpha value is -2.46. The zero-order chi connectivity index (χ0) is 19.1. The number of aldehydes is 1. The van der Waals surface area contributed by atoms with Gasteiger partial charge in [0, 0.05) is 6.92 Å². The molecular weight excluding hydrogens is 328 g/mol. The average molecular weight is 344 g/mol. The number of carbonyl (C=O) groups excluding carboxylic acids is 6. The summed E-state index contributed by atoms with van der Waals surface area (Å²) in [7, 11) is 0. The van der Waals surface area contributed by atoms with Crippen LogP contribution >= 0.6 is 0 Å². The molecule has 0 aromatic rings. The van der Waals surface area contributed by atoms with E-state index in [0.29, 0.717) is 13.8 Å². The lowest BCUT2D eigenvalue weighted by molar-refractivity contribution is -0.218. The topological polar surface area (TPSA) is 161 Å². The van der Waals surface area contributed by atoms with Crippen molar-refractivity contribution in [3.8, 4) is 0 Å². The van der Waals surface area contributed by atoms with Gasteiger partial charge in [-0.3, -0.25) is 19.2 Å². The van der Waals surface area contributed by atoms with Crippen LogP contribution in [0, 0.1) is 0 Å². The van der Waals surface area contributed by atoms with Crippen LogP contribution in [-0.4, -0.2) is 68.7 Å². The summed E-state index contributed by atoms with van der Waals surface area (Å²) in [5.41, 5.74) is -9.79. The number of carbonyl (C=O) groups is 6. The minimum Gasteiger partial charge on any atom is -0.442 e. The molecule has 1 aliphatic rings. The molecule has 0 saturated carbocycles.